The van der Waals surface area contributed by atoms with Gasteiger partial charge in [0.2, 0.25) is 0 Å². The molecule has 0 bridgehead atoms. The maximum Gasteiger partial charge on any atom is 0.122 e. The summed E-state index contributed by atoms with van der Waals surface area (Å²) >= 11 is 0. The lowest BCUT2D eigenvalue weighted by atomic mass is 10.1. The van der Waals surface area contributed by atoms with Crippen LogP contribution < -0.4 is 4.74 Å². The minimum absolute atomic E-state index is 0.573. The van der Waals surface area contributed by atoms with Crippen LogP contribution in [0.5, 0.6) is 5.75 Å². The molecule has 1 aromatic rings. The molecule has 0 aliphatic heterocycles. The average molecular weight is 187 g/mol. The summed E-state index contributed by atoms with van der Waals surface area (Å²) in [5.41, 5.74) is 1.66. The van der Waals surface area contributed by atoms with Gasteiger partial charge in [-0.25, -0.2) is 0 Å². The summed E-state index contributed by atoms with van der Waals surface area (Å²) in [4.78, 5) is 0. The number of allylic oxidation sites excluding steroid dienone is 1. The minimum Gasteiger partial charge on any atom is -0.489 e. The van der Waals surface area contributed by atoms with Crippen LogP contribution in [0.4, 0.5) is 0 Å². The highest BCUT2D eigenvalue weighted by Crippen LogP contribution is 2.18. The zero-order valence-corrected chi connectivity index (χ0v) is 8.45. The van der Waals surface area contributed by atoms with E-state index in [0.717, 1.165) is 11.3 Å². The molecule has 0 amide bonds. The number of hydrogen-bond acceptors (Lipinski definition) is 2. The minimum atomic E-state index is 0.573. The van der Waals surface area contributed by atoms with E-state index in [2.05, 4.69) is 6.07 Å². The molecular weight excluding hydrogens is 174 g/mol. The first-order valence-electron chi connectivity index (χ1n) is 4.52. The zero-order chi connectivity index (χ0) is 10.4. The summed E-state index contributed by atoms with van der Waals surface area (Å²) < 4.78 is 5.48. The number of nitrogens with zero attached hydrogens (tertiary/aromatic N) is 1. The van der Waals surface area contributed by atoms with Gasteiger partial charge in [-0.15, -0.1) is 0 Å². The molecule has 0 fully saturated rings. The van der Waals surface area contributed by atoms with Gasteiger partial charge < -0.3 is 4.74 Å². The molecule has 2 heteroatoms. The van der Waals surface area contributed by atoms with E-state index in [4.69, 9.17) is 10.00 Å². The van der Waals surface area contributed by atoms with Crippen LogP contribution in [0.2, 0.25) is 0 Å². The van der Waals surface area contributed by atoms with Crippen molar-refractivity contribution in [1.29, 1.82) is 5.26 Å². The van der Waals surface area contributed by atoms with E-state index in [9.17, 15) is 0 Å². The second-order valence-electron chi connectivity index (χ2n) is 2.97. The molecule has 1 rings (SSSR count). The first kappa shape index (κ1) is 10.3. The van der Waals surface area contributed by atoms with E-state index >= 15 is 0 Å². The predicted molar refractivity (Wildman–Crippen MR) is 56.2 cm³/mol. The number of aryl methyl sites for hydroxylation is 1. The summed E-state index contributed by atoms with van der Waals surface area (Å²) in [5.74, 6) is 0.835. The predicted octanol–water partition coefficient (Wildman–Crippen LogP) is 2.82. The van der Waals surface area contributed by atoms with E-state index in [1.54, 1.807) is 6.07 Å². The summed E-state index contributed by atoms with van der Waals surface area (Å²) in [5, 5.41) is 8.67. The van der Waals surface area contributed by atoms with Crippen LogP contribution >= 0.6 is 0 Å². The summed E-state index contributed by atoms with van der Waals surface area (Å²) in [7, 11) is 0. The van der Waals surface area contributed by atoms with Crippen molar-refractivity contribution in [3.05, 3.63) is 41.5 Å². The Morgan fingerprint density at radius 1 is 1.50 bits per heavy atom. The molecule has 0 atom stereocenters. The van der Waals surface area contributed by atoms with Crippen LogP contribution in [-0.4, -0.2) is 6.61 Å². The number of nitriles is 1. The van der Waals surface area contributed by atoms with Crippen molar-refractivity contribution < 1.29 is 4.74 Å². The molecule has 0 radical (unpaired) electrons. The molecule has 0 unspecified atom stereocenters. The SMILES string of the molecule is CC=CCOc1ccc(C#N)cc1C. The highest BCUT2D eigenvalue weighted by molar-refractivity contribution is 5.41. The standard InChI is InChI=1S/C12H13NO/c1-3-4-7-14-12-6-5-11(9-13)8-10(12)2/h3-6,8H,7H2,1-2H3. The molecule has 0 aromatic heterocycles. The molecule has 1 aromatic carbocycles. The molecule has 0 saturated heterocycles. The van der Waals surface area contributed by atoms with Gasteiger partial charge in [-0.2, -0.15) is 5.26 Å². The third-order valence-electron chi connectivity index (χ3n) is 1.87. The second-order valence-corrected chi connectivity index (χ2v) is 2.97. The highest BCUT2D eigenvalue weighted by atomic mass is 16.5. The summed E-state index contributed by atoms with van der Waals surface area (Å²) in [6, 6.07) is 7.51. The fourth-order valence-corrected chi connectivity index (χ4v) is 1.12. The number of rotatable bonds is 3. The summed E-state index contributed by atoms with van der Waals surface area (Å²) in [6.07, 6.45) is 3.89. The van der Waals surface area contributed by atoms with Crippen LogP contribution in [0.1, 0.15) is 18.1 Å². The van der Waals surface area contributed by atoms with Gasteiger partial charge in [0.15, 0.2) is 0 Å². The Kier molecular flexibility index (Phi) is 3.75. The van der Waals surface area contributed by atoms with Crippen molar-refractivity contribution in [1.82, 2.24) is 0 Å². The Morgan fingerprint density at radius 2 is 2.29 bits per heavy atom. The van der Waals surface area contributed by atoms with Crippen molar-refractivity contribution in [2.45, 2.75) is 13.8 Å². The lowest BCUT2D eigenvalue weighted by molar-refractivity contribution is 0.360. The molecule has 0 aliphatic rings. The molecular formula is C12H13NO. The van der Waals surface area contributed by atoms with E-state index < -0.39 is 0 Å². The van der Waals surface area contributed by atoms with Crippen LogP contribution in [-0.2, 0) is 0 Å². The van der Waals surface area contributed by atoms with Gasteiger partial charge in [-0.3, -0.25) is 0 Å². The Morgan fingerprint density at radius 3 is 2.86 bits per heavy atom. The largest absolute Gasteiger partial charge is 0.489 e. The van der Waals surface area contributed by atoms with Crippen molar-refractivity contribution in [3.8, 4) is 11.8 Å². The molecule has 14 heavy (non-hydrogen) atoms. The van der Waals surface area contributed by atoms with E-state index in [1.807, 2.05) is 38.1 Å². The lowest BCUT2D eigenvalue weighted by Crippen LogP contribution is -1.95. The first-order valence-corrected chi connectivity index (χ1v) is 4.52. The van der Waals surface area contributed by atoms with E-state index in [0.29, 0.717) is 12.2 Å². The van der Waals surface area contributed by atoms with Gasteiger partial charge in [-0.1, -0.05) is 12.2 Å². The monoisotopic (exact) mass is 187 g/mol. The molecule has 0 aliphatic carbocycles. The van der Waals surface area contributed by atoms with Crippen LogP contribution in [0.15, 0.2) is 30.4 Å². The number of ether oxygens (including phenoxy) is 1. The molecule has 0 spiro atoms. The second kappa shape index (κ2) is 5.08. The van der Waals surface area contributed by atoms with Crippen LogP contribution in [0.25, 0.3) is 0 Å². The van der Waals surface area contributed by atoms with Crippen LogP contribution in [0.3, 0.4) is 0 Å². The molecule has 2 nitrogen and oxygen atoms in total. The van der Waals surface area contributed by atoms with Crippen molar-refractivity contribution in [3.63, 3.8) is 0 Å². The van der Waals surface area contributed by atoms with Crippen LogP contribution in [0, 0.1) is 18.3 Å². The normalized spacial score (nSPS) is 10.1. The Labute approximate surface area is 84.4 Å². The van der Waals surface area contributed by atoms with E-state index in [-0.39, 0.29) is 0 Å². The van der Waals surface area contributed by atoms with Gasteiger partial charge in [0.05, 0.1) is 11.6 Å². The Hall–Kier alpha value is -1.75. The average Bonchev–Trinajstić information content (AvgIpc) is 2.20. The zero-order valence-electron chi connectivity index (χ0n) is 8.45. The lowest BCUT2D eigenvalue weighted by Gasteiger charge is -2.06. The smallest absolute Gasteiger partial charge is 0.122 e. The van der Waals surface area contributed by atoms with Gasteiger partial charge in [0.25, 0.3) is 0 Å². The van der Waals surface area contributed by atoms with Crippen molar-refractivity contribution in [2.24, 2.45) is 0 Å². The molecule has 72 valence electrons. The molecule has 0 saturated carbocycles. The fourth-order valence-electron chi connectivity index (χ4n) is 1.12. The third kappa shape index (κ3) is 2.63. The molecule has 0 N–H and O–H groups in total. The van der Waals surface area contributed by atoms with E-state index in [1.165, 1.54) is 0 Å². The maximum atomic E-state index is 8.67. The quantitative estimate of drug-likeness (QED) is 0.682. The highest BCUT2D eigenvalue weighted by Gasteiger charge is 1.99. The van der Waals surface area contributed by atoms with Crippen molar-refractivity contribution in [2.75, 3.05) is 6.61 Å². The van der Waals surface area contributed by atoms with Gasteiger partial charge in [-0.05, 0) is 37.6 Å². The number of hydrogen-bond donors (Lipinski definition) is 0. The third-order valence-corrected chi connectivity index (χ3v) is 1.87. The van der Waals surface area contributed by atoms with Gasteiger partial charge in [0, 0.05) is 0 Å². The maximum absolute atomic E-state index is 8.67. The Balaban J connectivity index is 2.75. The Bertz CT molecular complexity index is 374. The van der Waals surface area contributed by atoms with Gasteiger partial charge in [0.1, 0.15) is 12.4 Å². The fraction of sp³-hybridized carbons (Fsp3) is 0.250. The van der Waals surface area contributed by atoms with Crippen molar-refractivity contribution >= 4 is 0 Å². The molecule has 0 heterocycles. The number of benzene rings is 1. The summed E-state index contributed by atoms with van der Waals surface area (Å²) in [6.45, 7) is 4.46. The topological polar surface area (TPSA) is 33.0 Å². The first-order chi connectivity index (χ1) is 6.77. The van der Waals surface area contributed by atoms with Gasteiger partial charge >= 0.3 is 0 Å².